The molecule has 0 fully saturated rings. The summed E-state index contributed by atoms with van der Waals surface area (Å²) in [5.74, 6) is 0. The van der Waals surface area contributed by atoms with E-state index >= 15 is 0 Å². The van der Waals surface area contributed by atoms with Gasteiger partial charge in [-0.25, -0.2) is 9.97 Å². The highest BCUT2D eigenvalue weighted by Crippen LogP contribution is 2.33. The first-order chi connectivity index (χ1) is 11.6. The molecule has 0 unspecified atom stereocenters. The predicted octanol–water partition coefficient (Wildman–Crippen LogP) is 4.97. The molecule has 114 valence electrons. The molecule has 0 aliphatic rings. The SMILES string of the molecule is N#Cc1nc(-c2ccccc2)c(-c2ccc(Cl)c(Br)c2)nc1C#N. The van der Waals surface area contributed by atoms with Crippen LogP contribution in [0.15, 0.2) is 53.0 Å². The van der Waals surface area contributed by atoms with Gasteiger partial charge in [0.1, 0.15) is 12.1 Å². The Bertz CT molecular complexity index is 1000. The van der Waals surface area contributed by atoms with Crippen molar-refractivity contribution >= 4 is 27.5 Å². The van der Waals surface area contributed by atoms with Crippen LogP contribution >= 0.6 is 27.5 Å². The van der Waals surface area contributed by atoms with E-state index in [9.17, 15) is 10.5 Å². The molecule has 0 radical (unpaired) electrons. The normalized spacial score (nSPS) is 10.0. The van der Waals surface area contributed by atoms with Crippen molar-refractivity contribution in [3.05, 3.63) is 69.4 Å². The van der Waals surface area contributed by atoms with Crippen LogP contribution in [0.5, 0.6) is 0 Å². The Morgan fingerprint density at radius 2 is 1.42 bits per heavy atom. The van der Waals surface area contributed by atoms with Crippen LogP contribution < -0.4 is 0 Å². The first-order valence-electron chi connectivity index (χ1n) is 6.87. The Morgan fingerprint density at radius 3 is 1.96 bits per heavy atom. The third-order valence-corrected chi connectivity index (χ3v) is 4.56. The summed E-state index contributed by atoms with van der Waals surface area (Å²) in [5.41, 5.74) is 2.63. The number of nitriles is 2. The summed E-state index contributed by atoms with van der Waals surface area (Å²) in [4.78, 5) is 8.74. The van der Waals surface area contributed by atoms with Gasteiger partial charge in [-0.15, -0.1) is 0 Å². The maximum Gasteiger partial charge on any atom is 0.177 e. The first-order valence-corrected chi connectivity index (χ1v) is 8.04. The van der Waals surface area contributed by atoms with Crippen LogP contribution in [0.25, 0.3) is 22.5 Å². The summed E-state index contributed by atoms with van der Waals surface area (Å²) in [5, 5.41) is 19.1. The summed E-state index contributed by atoms with van der Waals surface area (Å²) < 4.78 is 0.713. The number of nitrogens with zero attached hydrogens (tertiary/aromatic N) is 4. The molecule has 0 saturated heterocycles. The van der Waals surface area contributed by atoms with Crippen molar-refractivity contribution in [1.29, 1.82) is 10.5 Å². The number of rotatable bonds is 2. The van der Waals surface area contributed by atoms with Gasteiger partial charge in [0.25, 0.3) is 0 Å². The van der Waals surface area contributed by atoms with Crippen molar-refractivity contribution in [2.24, 2.45) is 0 Å². The van der Waals surface area contributed by atoms with Gasteiger partial charge in [0.15, 0.2) is 11.4 Å². The molecule has 0 N–H and O–H groups in total. The van der Waals surface area contributed by atoms with E-state index in [0.717, 1.165) is 11.1 Å². The number of benzene rings is 2. The quantitative estimate of drug-likeness (QED) is 0.614. The Labute approximate surface area is 152 Å². The van der Waals surface area contributed by atoms with Crippen LogP contribution in [-0.2, 0) is 0 Å². The number of halogens is 2. The summed E-state index contributed by atoms with van der Waals surface area (Å²) in [6.45, 7) is 0. The average Bonchev–Trinajstić information content (AvgIpc) is 2.63. The van der Waals surface area contributed by atoms with Crippen LogP contribution in [0.4, 0.5) is 0 Å². The van der Waals surface area contributed by atoms with Gasteiger partial charge in [0.2, 0.25) is 0 Å². The fourth-order valence-electron chi connectivity index (χ4n) is 2.23. The molecule has 3 rings (SSSR count). The Morgan fingerprint density at radius 1 is 0.833 bits per heavy atom. The molecule has 0 amide bonds. The molecule has 1 heterocycles. The summed E-state index contributed by atoms with van der Waals surface area (Å²) in [6.07, 6.45) is 0. The lowest BCUT2D eigenvalue weighted by Gasteiger charge is -2.10. The van der Waals surface area contributed by atoms with Crippen molar-refractivity contribution in [2.45, 2.75) is 0 Å². The largest absolute Gasteiger partial charge is 0.232 e. The maximum absolute atomic E-state index is 9.25. The van der Waals surface area contributed by atoms with E-state index in [0.29, 0.717) is 20.9 Å². The number of hydrogen-bond acceptors (Lipinski definition) is 4. The molecular weight excluding hydrogens is 388 g/mol. The van der Waals surface area contributed by atoms with Crippen LogP contribution in [0.2, 0.25) is 5.02 Å². The fourth-order valence-corrected chi connectivity index (χ4v) is 2.73. The van der Waals surface area contributed by atoms with Crippen LogP contribution in [0.3, 0.4) is 0 Å². The summed E-state index contributed by atoms with van der Waals surface area (Å²) >= 11 is 9.44. The molecule has 24 heavy (non-hydrogen) atoms. The highest BCUT2D eigenvalue weighted by molar-refractivity contribution is 9.10. The second-order valence-electron chi connectivity index (χ2n) is 4.84. The van der Waals surface area contributed by atoms with Crippen LogP contribution in [-0.4, -0.2) is 9.97 Å². The minimum absolute atomic E-state index is 0.00162. The molecule has 2 aromatic carbocycles. The molecule has 0 aliphatic heterocycles. The van der Waals surface area contributed by atoms with E-state index in [1.165, 1.54) is 0 Å². The van der Waals surface area contributed by atoms with Gasteiger partial charge in [-0.3, -0.25) is 0 Å². The monoisotopic (exact) mass is 394 g/mol. The minimum atomic E-state index is -0.00162. The number of aromatic nitrogens is 2. The van der Waals surface area contributed by atoms with Crippen molar-refractivity contribution in [3.8, 4) is 34.7 Å². The summed E-state index contributed by atoms with van der Waals surface area (Å²) in [7, 11) is 0. The Hall–Kier alpha value is -2.73. The van der Waals surface area contributed by atoms with E-state index in [1.807, 2.05) is 48.5 Å². The van der Waals surface area contributed by atoms with Gasteiger partial charge in [-0.05, 0) is 28.1 Å². The highest BCUT2D eigenvalue weighted by atomic mass is 79.9. The molecule has 1 aromatic heterocycles. The second kappa shape index (κ2) is 6.80. The molecule has 6 heteroatoms. The molecule has 0 aliphatic carbocycles. The topological polar surface area (TPSA) is 73.4 Å². The third-order valence-electron chi connectivity index (χ3n) is 3.35. The fraction of sp³-hybridized carbons (Fsp3) is 0. The van der Waals surface area contributed by atoms with Crippen molar-refractivity contribution in [3.63, 3.8) is 0 Å². The predicted molar refractivity (Wildman–Crippen MR) is 95.0 cm³/mol. The lowest BCUT2D eigenvalue weighted by molar-refractivity contribution is 1.14. The van der Waals surface area contributed by atoms with Gasteiger partial charge < -0.3 is 0 Å². The van der Waals surface area contributed by atoms with E-state index < -0.39 is 0 Å². The zero-order chi connectivity index (χ0) is 17.1. The Balaban J connectivity index is 2.33. The molecule has 0 atom stereocenters. The van der Waals surface area contributed by atoms with E-state index in [2.05, 4.69) is 25.9 Å². The zero-order valence-electron chi connectivity index (χ0n) is 12.2. The van der Waals surface area contributed by atoms with Crippen molar-refractivity contribution < 1.29 is 0 Å². The molecule has 0 saturated carbocycles. The highest BCUT2D eigenvalue weighted by Gasteiger charge is 2.17. The van der Waals surface area contributed by atoms with Crippen LogP contribution in [0.1, 0.15) is 11.4 Å². The smallest absolute Gasteiger partial charge is 0.177 e. The second-order valence-corrected chi connectivity index (χ2v) is 6.10. The molecular formula is C18H8BrClN4. The van der Waals surface area contributed by atoms with Gasteiger partial charge >= 0.3 is 0 Å². The van der Waals surface area contributed by atoms with E-state index in [4.69, 9.17) is 11.6 Å². The standard InChI is InChI=1S/C18H8BrClN4/c19-13-8-12(6-7-14(13)20)18-17(11-4-2-1-3-5-11)23-15(9-21)16(10-22)24-18/h1-8H. The average molecular weight is 396 g/mol. The van der Waals surface area contributed by atoms with Gasteiger partial charge in [0.05, 0.1) is 16.4 Å². The lowest BCUT2D eigenvalue weighted by Crippen LogP contribution is -2.01. The molecule has 0 spiro atoms. The first kappa shape index (κ1) is 16.1. The van der Waals surface area contributed by atoms with Gasteiger partial charge in [0, 0.05) is 15.6 Å². The van der Waals surface area contributed by atoms with Gasteiger partial charge in [-0.2, -0.15) is 10.5 Å². The lowest BCUT2D eigenvalue weighted by atomic mass is 10.0. The Kier molecular flexibility index (Phi) is 4.57. The van der Waals surface area contributed by atoms with Crippen molar-refractivity contribution in [1.82, 2.24) is 9.97 Å². The minimum Gasteiger partial charge on any atom is -0.232 e. The van der Waals surface area contributed by atoms with Crippen LogP contribution in [0, 0.1) is 22.7 Å². The molecule has 0 bridgehead atoms. The zero-order valence-corrected chi connectivity index (χ0v) is 14.5. The maximum atomic E-state index is 9.25. The number of hydrogen-bond donors (Lipinski definition) is 0. The van der Waals surface area contributed by atoms with E-state index in [-0.39, 0.29) is 11.4 Å². The third kappa shape index (κ3) is 3.00. The van der Waals surface area contributed by atoms with Crippen molar-refractivity contribution in [2.75, 3.05) is 0 Å². The molecule has 3 aromatic rings. The summed E-state index contributed by atoms with van der Waals surface area (Å²) in [6, 6.07) is 18.6. The van der Waals surface area contributed by atoms with Gasteiger partial charge in [-0.1, -0.05) is 48.0 Å². The van der Waals surface area contributed by atoms with E-state index in [1.54, 1.807) is 12.1 Å². The molecule has 4 nitrogen and oxygen atoms in total.